The zero-order chi connectivity index (χ0) is 26.2. The molecule has 0 aliphatic rings. The highest BCUT2D eigenvalue weighted by molar-refractivity contribution is 5.91. The number of ether oxygens (including phenoxy) is 1. The van der Waals surface area contributed by atoms with Gasteiger partial charge in [0.05, 0.1) is 37.0 Å². The van der Waals surface area contributed by atoms with Crippen molar-refractivity contribution in [2.75, 3.05) is 46.9 Å². The summed E-state index contributed by atoms with van der Waals surface area (Å²) in [5.41, 5.74) is -1.65. The van der Waals surface area contributed by atoms with Crippen LogP contribution in [0.25, 0.3) is 0 Å². The molecule has 0 saturated heterocycles. The summed E-state index contributed by atoms with van der Waals surface area (Å²) in [6.45, 7) is 19.4. The van der Waals surface area contributed by atoms with Crippen molar-refractivity contribution in [2.24, 2.45) is 10.8 Å². The van der Waals surface area contributed by atoms with Crippen LogP contribution in [0.2, 0.25) is 0 Å². The van der Waals surface area contributed by atoms with Crippen LogP contribution in [-0.4, -0.2) is 89.5 Å². The fourth-order valence-corrected chi connectivity index (χ4v) is 3.38. The Balaban J connectivity index is 2.55. The van der Waals surface area contributed by atoms with Crippen molar-refractivity contribution >= 4 is 11.6 Å². The van der Waals surface area contributed by atoms with Gasteiger partial charge in [-0.2, -0.15) is 0 Å². The van der Waals surface area contributed by atoms with E-state index in [0.29, 0.717) is 32.7 Å². The van der Waals surface area contributed by atoms with E-state index >= 15 is 0 Å². The summed E-state index contributed by atoms with van der Waals surface area (Å²) >= 11 is 0. The summed E-state index contributed by atoms with van der Waals surface area (Å²) in [5.74, 6) is 0.170. The normalized spacial score (nSPS) is 13.5. The molecule has 0 saturated carbocycles. The molecule has 0 aromatic carbocycles. The van der Waals surface area contributed by atoms with Crippen LogP contribution in [0.4, 0.5) is 0 Å². The van der Waals surface area contributed by atoms with E-state index in [2.05, 4.69) is 48.6 Å². The van der Waals surface area contributed by atoms with Crippen molar-refractivity contribution < 1.29 is 14.3 Å². The molecule has 0 fully saturated rings. The van der Waals surface area contributed by atoms with Crippen LogP contribution in [0.5, 0.6) is 0 Å². The molecule has 2 N–H and O–H groups in total. The highest BCUT2D eigenvalue weighted by Gasteiger charge is 2.36. The lowest BCUT2D eigenvalue weighted by atomic mass is 9.89. The first-order valence-electron chi connectivity index (χ1n) is 12.1. The summed E-state index contributed by atoms with van der Waals surface area (Å²) in [5, 5.41) is 14.3. The van der Waals surface area contributed by atoms with E-state index < -0.39 is 11.1 Å². The van der Waals surface area contributed by atoms with Gasteiger partial charge in [-0.1, -0.05) is 32.9 Å². The van der Waals surface area contributed by atoms with Gasteiger partial charge in [-0.05, 0) is 41.8 Å². The SMILES string of the molecule is CNCCC(=O)C(C)(C)N(C)CC(=O)C(C)(C)NCC(C)(C)COCC(C)(C)Cn1ccnn1. The number of carbonyl (C=O) groups excluding carboxylic acids is 2. The molecule has 0 atom stereocenters. The van der Waals surface area contributed by atoms with E-state index in [0.717, 1.165) is 6.54 Å². The summed E-state index contributed by atoms with van der Waals surface area (Å²) in [6, 6.07) is 0. The number of hydrogen-bond donors (Lipinski definition) is 2. The smallest absolute Gasteiger partial charge is 0.166 e. The zero-order valence-corrected chi connectivity index (χ0v) is 23.1. The molecule has 196 valence electrons. The maximum atomic E-state index is 13.1. The Kier molecular flexibility index (Phi) is 11.0. The predicted molar refractivity (Wildman–Crippen MR) is 136 cm³/mol. The molecule has 1 aromatic rings. The van der Waals surface area contributed by atoms with Crippen molar-refractivity contribution in [3.05, 3.63) is 12.4 Å². The van der Waals surface area contributed by atoms with Crippen LogP contribution < -0.4 is 10.6 Å². The highest BCUT2D eigenvalue weighted by atomic mass is 16.5. The van der Waals surface area contributed by atoms with E-state index in [9.17, 15) is 9.59 Å². The van der Waals surface area contributed by atoms with Crippen LogP contribution in [0.15, 0.2) is 12.4 Å². The number of carbonyl (C=O) groups is 2. The minimum atomic E-state index is -0.720. The molecule has 0 aliphatic heterocycles. The number of Topliss-reactive ketones (excluding diaryl/α,β-unsaturated/α-hetero) is 2. The van der Waals surface area contributed by atoms with Gasteiger partial charge in [0.2, 0.25) is 0 Å². The van der Waals surface area contributed by atoms with Crippen molar-refractivity contribution in [3.63, 3.8) is 0 Å². The van der Waals surface area contributed by atoms with E-state index in [-0.39, 0.29) is 28.9 Å². The molecular weight excluding hydrogens is 432 g/mol. The fraction of sp³-hybridized carbons (Fsp3) is 0.840. The molecule has 1 rings (SSSR count). The fourth-order valence-electron chi connectivity index (χ4n) is 3.38. The summed E-state index contributed by atoms with van der Waals surface area (Å²) in [6.07, 6.45) is 3.97. The van der Waals surface area contributed by atoms with Crippen molar-refractivity contribution in [1.82, 2.24) is 30.5 Å². The summed E-state index contributed by atoms with van der Waals surface area (Å²) < 4.78 is 7.88. The number of hydrogen-bond acceptors (Lipinski definition) is 8. The van der Waals surface area contributed by atoms with Gasteiger partial charge in [0, 0.05) is 43.1 Å². The van der Waals surface area contributed by atoms with Crippen LogP contribution >= 0.6 is 0 Å². The quantitative estimate of drug-likeness (QED) is 0.350. The monoisotopic (exact) mass is 480 g/mol. The van der Waals surface area contributed by atoms with Gasteiger partial charge in [-0.3, -0.25) is 19.2 Å². The number of aromatic nitrogens is 3. The first-order valence-corrected chi connectivity index (χ1v) is 12.1. The van der Waals surface area contributed by atoms with Gasteiger partial charge >= 0.3 is 0 Å². The molecule has 34 heavy (non-hydrogen) atoms. The molecule has 0 aliphatic carbocycles. The number of nitrogens with zero attached hydrogens (tertiary/aromatic N) is 4. The molecule has 9 heteroatoms. The van der Waals surface area contributed by atoms with Gasteiger partial charge < -0.3 is 15.4 Å². The molecule has 1 aromatic heterocycles. The Labute approximate surface area is 206 Å². The predicted octanol–water partition coefficient (Wildman–Crippen LogP) is 2.17. The van der Waals surface area contributed by atoms with Gasteiger partial charge in [0.15, 0.2) is 11.6 Å². The van der Waals surface area contributed by atoms with Crippen LogP contribution in [0, 0.1) is 10.8 Å². The Bertz CT molecular complexity index is 772. The Morgan fingerprint density at radius 3 is 2.18 bits per heavy atom. The van der Waals surface area contributed by atoms with Gasteiger partial charge in [-0.15, -0.1) is 5.10 Å². The second-order valence-electron chi connectivity index (χ2n) is 12.0. The third-order valence-electron chi connectivity index (χ3n) is 6.37. The maximum absolute atomic E-state index is 13.1. The first-order chi connectivity index (χ1) is 15.5. The Hall–Kier alpha value is -1.68. The molecule has 0 amide bonds. The average molecular weight is 481 g/mol. The average Bonchev–Trinajstić information content (AvgIpc) is 3.22. The lowest BCUT2D eigenvalue weighted by Crippen LogP contribution is -2.57. The van der Waals surface area contributed by atoms with E-state index in [4.69, 9.17) is 4.74 Å². The van der Waals surface area contributed by atoms with Crippen LogP contribution in [-0.2, 0) is 20.9 Å². The third kappa shape index (κ3) is 9.90. The van der Waals surface area contributed by atoms with Gasteiger partial charge in [-0.25, -0.2) is 0 Å². The van der Waals surface area contributed by atoms with Crippen molar-refractivity contribution in [1.29, 1.82) is 0 Å². The number of rotatable bonds is 17. The van der Waals surface area contributed by atoms with Gasteiger partial charge in [0.25, 0.3) is 0 Å². The maximum Gasteiger partial charge on any atom is 0.166 e. The highest BCUT2D eigenvalue weighted by Crippen LogP contribution is 2.22. The second kappa shape index (κ2) is 12.3. The first kappa shape index (κ1) is 30.4. The largest absolute Gasteiger partial charge is 0.380 e. The lowest BCUT2D eigenvalue weighted by Gasteiger charge is -2.37. The van der Waals surface area contributed by atoms with E-state index in [1.807, 2.05) is 57.6 Å². The number of likely N-dealkylation sites (N-methyl/N-ethyl adjacent to an activating group) is 1. The minimum Gasteiger partial charge on any atom is -0.380 e. The topological polar surface area (TPSA) is 101 Å². The molecule has 0 radical (unpaired) electrons. The molecule has 0 bridgehead atoms. The summed E-state index contributed by atoms with van der Waals surface area (Å²) in [4.78, 5) is 27.5. The molecular formula is C25H48N6O3. The zero-order valence-electron chi connectivity index (χ0n) is 23.1. The minimum absolute atomic E-state index is 0.0511. The number of nitrogens with one attached hydrogen (secondary N) is 2. The van der Waals surface area contributed by atoms with Crippen molar-refractivity contribution in [2.45, 2.75) is 79.4 Å². The number of ketones is 2. The Morgan fingerprint density at radius 2 is 1.62 bits per heavy atom. The van der Waals surface area contributed by atoms with Crippen LogP contribution in [0.3, 0.4) is 0 Å². The molecule has 0 spiro atoms. The molecule has 0 unspecified atom stereocenters. The second-order valence-corrected chi connectivity index (χ2v) is 12.0. The molecule has 9 nitrogen and oxygen atoms in total. The summed E-state index contributed by atoms with van der Waals surface area (Å²) in [7, 11) is 3.66. The van der Waals surface area contributed by atoms with Crippen LogP contribution in [0.1, 0.15) is 61.8 Å². The molecule has 1 heterocycles. The Morgan fingerprint density at radius 1 is 1.00 bits per heavy atom. The third-order valence-corrected chi connectivity index (χ3v) is 6.37. The van der Waals surface area contributed by atoms with E-state index in [1.165, 1.54) is 0 Å². The standard InChI is InChI=1S/C25H48N6O3/c1-22(2,18-34-19-23(3,4)17-31-14-13-28-29-31)16-27-24(5,6)21(33)15-30(10)25(7,8)20(32)11-12-26-9/h13-14,26-27H,11-12,15-19H2,1-10H3. The van der Waals surface area contributed by atoms with E-state index in [1.54, 1.807) is 6.20 Å². The van der Waals surface area contributed by atoms with Gasteiger partial charge in [0.1, 0.15) is 0 Å². The lowest BCUT2D eigenvalue weighted by molar-refractivity contribution is -0.132. The van der Waals surface area contributed by atoms with Crippen molar-refractivity contribution in [3.8, 4) is 0 Å².